The number of para-hydroxylation sites is 2. The Morgan fingerprint density at radius 1 is 0.950 bits per heavy atom. The van der Waals surface area contributed by atoms with Crippen LogP contribution in [0.3, 0.4) is 0 Å². The van der Waals surface area contributed by atoms with E-state index in [1.165, 1.54) is 42.6 Å². The van der Waals surface area contributed by atoms with Crippen LogP contribution < -0.4 is 24.3 Å². The van der Waals surface area contributed by atoms with Gasteiger partial charge < -0.3 is 14.2 Å². The molecule has 40 heavy (non-hydrogen) atoms. The van der Waals surface area contributed by atoms with Crippen LogP contribution in [-0.4, -0.2) is 29.2 Å². The Morgan fingerprint density at radius 2 is 1.75 bits per heavy atom. The van der Waals surface area contributed by atoms with Gasteiger partial charge in [-0.1, -0.05) is 73.4 Å². The highest BCUT2D eigenvalue weighted by atomic mass is 35.5. The van der Waals surface area contributed by atoms with Crippen LogP contribution in [0.5, 0.6) is 17.2 Å². The minimum absolute atomic E-state index is 0.107. The van der Waals surface area contributed by atoms with Gasteiger partial charge in [0.25, 0.3) is 5.56 Å². The molecular weight excluding hydrogens is 544 g/mol. The van der Waals surface area contributed by atoms with E-state index in [0.717, 1.165) is 28.8 Å². The molecule has 0 amide bonds. The number of halogens is 1. The molecule has 0 aliphatic carbocycles. The second kappa shape index (κ2) is 13.2. The Balaban J connectivity index is 1.25. The van der Waals surface area contributed by atoms with Crippen molar-refractivity contribution in [2.24, 2.45) is 0 Å². The summed E-state index contributed by atoms with van der Waals surface area (Å²) in [4.78, 5) is 18.4. The Hall–Kier alpha value is -3.55. The molecule has 0 atom stereocenters. The number of imidazole rings is 1. The van der Waals surface area contributed by atoms with Crippen LogP contribution in [-0.2, 0) is 6.42 Å². The highest BCUT2D eigenvalue weighted by molar-refractivity contribution is 7.15. The van der Waals surface area contributed by atoms with E-state index < -0.39 is 0 Å². The lowest BCUT2D eigenvalue weighted by atomic mass is 10.1. The lowest BCUT2D eigenvalue weighted by molar-refractivity contribution is 0.208. The number of aromatic nitrogens is 2. The number of nitrogens with zero attached hydrogens (tertiary/aromatic N) is 2. The molecular formula is C32H33ClN2O4S. The fraction of sp³-hybridized carbons (Fsp3) is 0.312. The molecule has 2 aromatic heterocycles. The summed E-state index contributed by atoms with van der Waals surface area (Å²) in [6.45, 7) is 5.25. The predicted octanol–water partition coefficient (Wildman–Crippen LogP) is 7.09. The van der Waals surface area contributed by atoms with Gasteiger partial charge in [0.2, 0.25) is 0 Å². The summed E-state index contributed by atoms with van der Waals surface area (Å²) in [5.74, 6) is 1.79. The van der Waals surface area contributed by atoms with Crippen LogP contribution in [0.25, 0.3) is 22.1 Å². The fourth-order valence-corrected chi connectivity index (χ4v) is 5.91. The Morgan fingerprint density at radius 3 is 2.55 bits per heavy atom. The van der Waals surface area contributed by atoms with Gasteiger partial charge in [0.05, 0.1) is 27.2 Å². The highest BCUT2D eigenvalue weighted by Crippen LogP contribution is 2.37. The summed E-state index contributed by atoms with van der Waals surface area (Å²) < 4.78 is 19.9. The van der Waals surface area contributed by atoms with Crippen molar-refractivity contribution in [3.05, 3.63) is 91.7 Å². The molecule has 5 rings (SSSR count). The molecule has 0 saturated carbocycles. The molecule has 0 saturated heterocycles. The van der Waals surface area contributed by atoms with Crippen molar-refractivity contribution in [2.75, 3.05) is 19.8 Å². The van der Waals surface area contributed by atoms with Gasteiger partial charge in [-0.3, -0.25) is 4.79 Å². The van der Waals surface area contributed by atoms with Crippen LogP contribution in [0.1, 0.15) is 50.7 Å². The van der Waals surface area contributed by atoms with Crippen molar-refractivity contribution in [1.82, 2.24) is 9.38 Å². The van der Waals surface area contributed by atoms with Gasteiger partial charge in [-0.05, 0) is 73.4 Å². The summed E-state index contributed by atoms with van der Waals surface area (Å²) in [5.41, 5.74) is 3.58. The molecule has 6 nitrogen and oxygen atoms in total. The molecule has 8 heteroatoms. The molecule has 0 fully saturated rings. The SMILES string of the molecule is CCCCCCc1ccc(OCCOc2c(Cl)cc(C=c3sc4nc5ccccc5n4c3=O)cc2OCC)cc1. The molecule has 0 radical (unpaired) electrons. The van der Waals surface area contributed by atoms with Gasteiger partial charge in [-0.2, -0.15) is 0 Å². The average Bonchev–Trinajstić information content (AvgIpc) is 3.46. The van der Waals surface area contributed by atoms with Crippen molar-refractivity contribution in [3.63, 3.8) is 0 Å². The zero-order valence-electron chi connectivity index (χ0n) is 22.8. The standard InChI is InChI=1S/C32H33ClN2O4S/c1-3-5-6-7-10-22-13-15-24(16-14-22)38-17-18-39-30-25(33)19-23(20-28(30)37-4-2)21-29-31(36)35-27-12-9-8-11-26(27)34-32(35)40-29/h8-9,11-16,19-21H,3-7,10,17-18H2,1-2H3. The lowest BCUT2D eigenvalue weighted by Gasteiger charge is -2.15. The second-order valence-electron chi connectivity index (χ2n) is 9.55. The molecule has 0 aliphatic heterocycles. The van der Waals surface area contributed by atoms with Crippen LogP contribution >= 0.6 is 22.9 Å². The van der Waals surface area contributed by atoms with Gasteiger partial charge in [0.15, 0.2) is 16.5 Å². The van der Waals surface area contributed by atoms with E-state index >= 15 is 0 Å². The zero-order valence-corrected chi connectivity index (χ0v) is 24.4. The maximum absolute atomic E-state index is 13.2. The van der Waals surface area contributed by atoms with E-state index in [4.69, 9.17) is 25.8 Å². The van der Waals surface area contributed by atoms with Gasteiger partial charge >= 0.3 is 0 Å². The van der Waals surface area contributed by atoms with E-state index in [1.807, 2.05) is 55.5 Å². The molecule has 0 unspecified atom stereocenters. The van der Waals surface area contributed by atoms with Gasteiger partial charge in [-0.25, -0.2) is 9.38 Å². The molecule has 208 valence electrons. The quantitative estimate of drug-likeness (QED) is 0.140. The largest absolute Gasteiger partial charge is 0.490 e. The van der Waals surface area contributed by atoms with Crippen molar-refractivity contribution < 1.29 is 14.2 Å². The summed E-state index contributed by atoms with van der Waals surface area (Å²) in [6, 6.07) is 19.5. The molecule has 0 aliphatic rings. The number of hydrogen-bond acceptors (Lipinski definition) is 6. The van der Waals surface area contributed by atoms with Crippen molar-refractivity contribution >= 4 is 45.0 Å². The third-order valence-electron chi connectivity index (χ3n) is 6.62. The maximum atomic E-state index is 13.2. The Kier molecular flexibility index (Phi) is 9.24. The van der Waals surface area contributed by atoms with E-state index in [1.54, 1.807) is 10.5 Å². The molecule has 3 aromatic carbocycles. The molecule has 0 N–H and O–H groups in total. The number of ether oxygens (including phenoxy) is 3. The van der Waals surface area contributed by atoms with Crippen LogP contribution in [0.2, 0.25) is 5.02 Å². The Labute approximate surface area is 242 Å². The highest BCUT2D eigenvalue weighted by Gasteiger charge is 2.14. The van der Waals surface area contributed by atoms with E-state index in [2.05, 4.69) is 24.0 Å². The maximum Gasteiger partial charge on any atom is 0.274 e. The third-order valence-corrected chi connectivity index (χ3v) is 7.86. The van der Waals surface area contributed by atoms with Crippen LogP contribution in [0.15, 0.2) is 65.5 Å². The van der Waals surface area contributed by atoms with Crippen molar-refractivity contribution in [2.45, 2.75) is 46.0 Å². The first-order chi connectivity index (χ1) is 19.6. The first kappa shape index (κ1) is 28.0. The smallest absolute Gasteiger partial charge is 0.274 e. The molecule has 5 aromatic rings. The van der Waals surface area contributed by atoms with Crippen LogP contribution in [0, 0.1) is 0 Å². The minimum atomic E-state index is -0.107. The molecule has 0 bridgehead atoms. The molecule has 0 spiro atoms. The first-order valence-electron chi connectivity index (χ1n) is 13.8. The topological polar surface area (TPSA) is 62.1 Å². The van der Waals surface area contributed by atoms with Crippen molar-refractivity contribution in [3.8, 4) is 17.2 Å². The number of aryl methyl sites for hydroxylation is 1. The van der Waals surface area contributed by atoms with E-state index in [0.29, 0.717) is 45.8 Å². The number of fused-ring (bicyclic) bond motifs is 3. The Bertz CT molecular complexity index is 1690. The number of thiazole rings is 1. The minimum Gasteiger partial charge on any atom is -0.490 e. The number of unbranched alkanes of at least 4 members (excludes halogenated alkanes) is 3. The lowest BCUT2D eigenvalue weighted by Crippen LogP contribution is -2.22. The van der Waals surface area contributed by atoms with Crippen molar-refractivity contribution in [1.29, 1.82) is 0 Å². The monoisotopic (exact) mass is 576 g/mol. The summed E-state index contributed by atoms with van der Waals surface area (Å²) in [5, 5.41) is 0.406. The van der Waals surface area contributed by atoms with Gasteiger partial charge in [0.1, 0.15) is 19.0 Å². The number of rotatable bonds is 13. The van der Waals surface area contributed by atoms with E-state index in [-0.39, 0.29) is 5.56 Å². The van der Waals surface area contributed by atoms with E-state index in [9.17, 15) is 4.79 Å². The number of benzene rings is 3. The zero-order chi connectivity index (χ0) is 27.9. The van der Waals surface area contributed by atoms with Crippen LogP contribution in [0.4, 0.5) is 0 Å². The predicted molar refractivity (Wildman–Crippen MR) is 164 cm³/mol. The average molecular weight is 577 g/mol. The van der Waals surface area contributed by atoms with Gasteiger partial charge in [-0.15, -0.1) is 0 Å². The fourth-order valence-electron chi connectivity index (χ4n) is 4.65. The summed E-state index contributed by atoms with van der Waals surface area (Å²) in [7, 11) is 0. The third kappa shape index (κ3) is 6.43. The summed E-state index contributed by atoms with van der Waals surface area (Å²) in [6.07, 6.45) is 7.95. The van der Waals surface area contributed by atoms with Gasteiger partial charge in [0, 0.05) is 0 Å². The molecule has 2 heterocycles. The summed E-state index contributed by atoms with van der Waals surface area (Å²) >= 11 is 7.98. The number of hydrogen-bond donors (Lipinski definition) is 0. The normalized spacial score (nSPS) is 11.9. The first-order valence-corrected chi connectivity index (χ1v) is 15.0. The second-order valence-corrected chi connectivity index (χ2v) is 11.0.